The molecule has 5 rings (SSSR count). The van der Waals surface area contributed by atoms with Gasteiger partial charge in [0.2, 0.25) is 11.7 Å². The summed E-state index contributed by atoms with van der Waals surface area (Å²) in [4.78, 5) is 22.7. The maximum atomic E-state index is 12.5. The van der Waals surface area contributed by atoms with Crippen LogP contribution < -0.4 is 10.6 Å². The first kappa shape index (κ1) is 30.9. The van der Waals surface area contributed by atoms with Gasteiger partial charge in [0.1, 0.15) is 0 Å². The van der Waals surface area contributed by atoms with E-state index in [1.54, 1.807) is 0 Å². The lowest BCUT2D eigenvalue weighted by atomic mass is 9.98. The lowest BCUT2D eigenvalue weighted by Gasteiger charge is -2.15. The van der Waals surface area contributed by atoms with Crippen molar-refractivity contribution < 1.29 is 14.7 Å². The number of amides is 1. The number of carbonyl (C=O) groups excluding carboxylic acids is 1. The van der Waals surface area contributed by atoms with Crippen molar-refractivity contribution in [2.24, 2.45) is 11.8 Å². The highest BCUT2D eigenvalue weighted by Gasteiger charge is 2.21. The van der Waals surface area contributed by atoms with Crippen LogP contribution in [0.25, 0.3) is 22.5 Å². The molecule has 1 heterocycles. The van der Waals surface area contributed by atoms with Gasteiger partial charge in [0.25, 0.3) is 0 Å². The molecule has 1 amide bonds. The predicted molar refractivity (Wildman–Crippen MR) is 167 cm³/mol. The maximum absolute atomic E-state index is 12.5. The Balaban J connectivity index is 0.000000437. The minimum atomic E-state index is -0.609. The molecule has 4 N–H and O–H groups in total. The third-order valence-corrected chi connectivity index (χ3v) is 7.77. The normalized spacial score (nSPS) is 13.6. The number of carboxylic acid groups (broad SMARTS) is 1. The number of rotatable bonds is 12. The summed E-state index contributed by atoms with van der Waals surface area (Å²) in [5.41, 5.74) is 5.40. The fourth-order valence-corrected chi connectivity index (χ4v) is 5.27. The molecule has 0 bridgehead atoms. The summed E-state index contributed by atoms with van der Waals surface area (Å²) in [5.74, 6) is 0.389. The number of nitrogens with one attached hydrogen (secondary N) is 3. The molecule has 3 aromatic carbocycles. The molecule has 42 heavy (non-hydrogen) atoms. The van der Waals surface area contributed by atoms with Crippen molar-refractivity contribution in [3.63, 3.8) is 0 Å². The molecule has 0 spiro atoms. The molecule has 0 radical (unpaired) electrons. The lowest BCUT2D eigenvalue weighted by Crippen LogP contribution is -2.37. The lowest BCUT2D eigenvalue weighted by molar-refractivity contribution is -0.141. The van der Waals surface area contributed by atoms with E-state index >= 15 is 0 Å². The third kappa shape index (κ3) is 9.25. The molecule has 1 aliphatic rings. The number of nitrogens with zero attached hydrogens (tertiary/aromatic N) is 3. The van der Waals surface area contributed by atoms with Crippen LogP contribution in [0.5, 0.6) is 0 Å². The van der Waals surface area contributed by atoms with Crippen LogP contribution in [0.1, 0.15) is 36.8 Å². The van der Waals surface area contributed by atoms with E-state index in [0.717, 1.165) is 54.5 Å². The number of hydrogen-bond acceptors (Lipinski definition) is 7. The monoisotopic (exact) mass is 586 g/mol. The van der Waals surface area contributed by atoms with Crippen molar-refractivity contribution in [3.05, 3.63) is 90.0 Å². The summed E-state index contributed by atoms with van der Waals surface area (Å²) in [5, 5.41) is 29.2. The molecule has 1 saturated carbocycles. The second-order valence-corrected chi connectivity index (χ2v) is 10.7. The van der Waals surface area contributed by atoms with Crippen LogP contribution >= 0.6 is 12.6 Å². The molecular weight excluding hydrogens is 548 g/mol. The molecule has 1 fully saturated rings. The summed E-state index contributed by atoms with van der Waals surface area (Å²) in [6.45, 7) is 2.00. The number of hydrogen-bond donors (Lipinski definition) is 5. The summed E-state index contributed by atoms with van der Waals surface area (Å²) < 4.78 is 0. The quantitative estimate of drug-likeness (QED) is 0.119. The van der Waals surface area contributed by atoms with E-state index in [2.05, 4.69) is 74.2 Å². The predicted octanol–water partition coefficient (Wildman–Crippen LogP) is 4.79. The van der Waals surface area contributed by atoms with Gasteiger partial charge in [-0.1, -0.05) is 91.7 Å². The van der Waals surface area contributed by atoms with Crippen LogP contribution in [0.4, 0.5) is 0 Å². The summed E-state index contributed by atoms with van der Waals surface area (Å²) in [7, 11) is 0. The van der Waals surface area contributed by atoms with Crippen LogP contribution in [0.3, 0.4) is 0 Å². The average molecular weight is 587 g/mol. The number of aromatic amines is 1. The highest BCUT2D eigenvalue weighted by Crippen LogP contribution is 2.29. The molecule has 220 valence electrons. The molecule has 1 atom stereocenters. The molecule has 9 nitrogen and oxygen atoms in total. The Labute approximate surface area is 251 Å². The van der Waals surface area contributed by atoms with Crippen molar-refractivity contribution in [1.29, 1.82) is 0 Å². The van der Waals surface area contributed by atoms with Crippen molar-refractivity contribution in [2.75, 3.05) is 18.8 Å². The van der Waals surface area contributed by atoms with E-state index in [-0.39, 0.29) is 17.7 Å². The highest BCUT2D eigenvalue weighted by molar-refractivity contribution is 7.80. The smallest absolute Gasteiger partial charge is 0.306 e. The molecule has 1 unspecified atom stereocenters. The van der Waals surface area contributed by atoms with E-state index in [0.29, 0.717) is 31.1 Å². The zero-order valence-corrected chi connectivity index (χ0v) is 24.5. The Hall–Kier alpha value is -4.02. The number of H-pyrrole nitrogens is 1. The van der Waals surface area contributed by atoms with Gasteiger partial charge in [0.15, 0.2) is 0 Å². The second-order valence-electron chi connectivity index (χ2n) is 10.3. The van der Waals surface area contributed by atoms with E-state index in [9.17, 15) is 9.59 Å². The number of thiol groups is 1. The summed E-state index contributed by atoms with van der Waals surface area (Å²) in [6, 6.07) is 26.5. The Kier molecular flexibility index (Phi) is 12.1. The van der Waals surface area contributed by atoms with Crippen LogP contribution in [-0.4, -0.2) is 56.4 Å². The molecule has 0 aliphatic heterocycles. The van der Waals surface area contributed by atoms with Crippen molar-refractivity contribution in [3.8, 4) is 22.5 Å². The first-order valence-electron chi connectivity index (χ1n) is 14.3. The molecule has 10 heteroatoms. The van der Waals surface area contributed by atoms with E-state index in [4.69, 9.17) is 5.11 Å². The Morgan fingerprint density at radius 2 is 1.60 bits per heavy atom. The van der Waals surface area contributed by atoms with Gasteiger partial charge >= 0.3 is 5.97 Å². The molecule has 4 aromatic rings. The SMILES string of the molecule is O=C(NCCNCc1ccc(-c2ccccc2-c2nn[nH]n2)cc1)C(CS)Cc1ccccc1.O=C(O)C1CCCC1. The van der Waals surface area contributed by atoms with Gasteiger partial charge in [-0.15, -0.1) is 10.2 Å². The standard InChI is InChI=1S/C26H28N6OS.C6H10O2/c33-26(22(18-34)16-19-6-2-1-3-7-19)28-15-14-27-17-20-10-12-21(13-11-20)23-8-4-5-9-24(23)25-29-31-32-30-25;7-6(8)5-3-1-2-4-5/h1-13,22,27,34H,14-18H2,(H,28,33)(H,29,30,31,32);5H,1-4H2,(H,7,8). The zero-order valence-electron chi connectivity index (χ0n) is 23.6. The van der Waals surface area contributed by atoms with E-state index in [1.165, 1.54) is 5.56 Å². The number of tetrazole rings is 1. The van der Waals surface area contributed by atoms with Crippen molar-refractivity contribution in [1.82, 2.24) is 31.3 Å². The van der Waals surface area contributed by atoms with Crippen LogP contribution in [0.15, 0.2) is 78.9 Å². The second kappa shape index (κ2) is 16.4. The Bertz CT molecular complexity index is 1380. The van der Waals surface area contributed by atoms with Gasteiger partial charge in [-0.3, -0.25) is 9.59 Å². The Morgan fingerprint density at radius 3 is 2.21 bits per heavy atom. The highest BCUT2D eigenvalue weighted by atomic mass is 32.1. The minimum absolute atomic E-state index is 0.0185. The van der Waals surface area contributed by atoms with E-state index < -0.39 is 5.97 Å². The van der Waals surface area contributed by atoms with Gasteiger partial charge in [0, 0.05) is 31.0 Å². The fourth-order valence-electron chi connectivity index (χ4n) is 4.97. The average Bonchev–Trinajstić information content (AvgIpc) is 3.77. The zero-order chi connectivity index (χ0) is 29.6. The fraction of sp³-hybridized carbons (Fsp3) is 0.344. The number of aliphatic carboxylic acids is 1. The van der Waals surface area contributed by atoms with E-state index in [1.807, 2.05) is 48.5 Å². The van der Waals surface area contributed by atoms with Gasteiger partial charge in [-0.05, 0) is 46.7 Å². The van der Waals surface area contributed by atoms with Gasteiger partial charge in [0.05, 0.1) is 11.8 Å². The molecular formula is C32H38N6O3S. The molecule has 0 saturated heterocycles. The molecule has 1 aromatic heterocycles. The first-order chi connectivity index (χ1) is 20.5. The number of aromatic nitrogens is 4. The van der Waals surface area contributed by atoms with Crippen LogP contribution in [0, 0.1) is 11.8 Å². The summed E-state index contributed by atoms with van der Waals surface area (Å²) >= 11 is 4.37. The summed E-state index contributed by atoms with van der Waals surface area (Å²) in [6.07, 6.45) is 4.71. The van der Waals surface area contributed by atoms with Crippen molar-refractivity contribution >= 4 is 24.5 Å². The van der Waals surface area contributed by atoms with Crippen LogP contribution in [-0.2, 0) is 22.6 Å². The van der Waals surface area contributed by atoms with Gasteiger partial charge in [-0.2, -0.15) is 17.8 Å². The molecule has 1 aliphatic carbocycles. The van der Waals surface area contributed by atoms with Crippen molar-refractivity contribution in [2.45, 2.75) is 38.6 Å². The number of carbonyl (C=O) groups is 2. The third-order valence-electron chi connectivity index (χ3n) is 7.33. The topological polar surface area (TPSA) is 133 Å². The number of carboxylic acids is 1. The minimum Gasteiger partial charge on any atom is -0.481 e. The number of benzene rings is 3. The maximum Gasteiger partial charge on any atom is 0.306 e. The van der Waals surface area contributed by atoms with Gasteiger partial charge < -0.3 is 15.7 Å². The van der Waals surface area contributed by atoms with Crippen LogP contribution in [0.2, 0.25) is 0 Å². The van der Waals surface area contributed by atoms with Gasteiger partial charge in [-0.25, -0.2) is 0 Å². The first-order valence-corrected chi connectivity index (χ1v) is 15.0. The Morgan fingerprint density at radius 1 is 0.905 bits per heavy atom. The largest absolute Gasteiger partial charge is 0.481 e.